The van der Waals surface area contributed by atoms with E-state index in [-0.39, 0.29) is 11.4 Å². The Labute approximate surface area is 126 Å². The maximum absolute atomic E-state index is 13.4. The van der Waals surface area contributed by atoms with Crippen LogP contribution in [-0.2, 0) is 4.79 Å². The average molecular weight is 294 g/mol. The molecule has 5 nitrogen and oxygen atoms in total. The van der Waals surface area contributed by atoms with E-state index in [9.17, 15) is 9.18 Å². The molecular weight excluding hydrogens is 283 g/mol. The largest absolute Gasteiger partial charge is 0.383 e. The first-order chi connectivity index (χ1) is 10.6. The van der Waals surface area contributed by atoms with Gasteiger partial charge in [-0.1, -0.05) is 12.0 Å². The molecule has 22 heavy (non-hydrogen) atoms. The van der Waals surface area contributed by atoms with Gasteiger partial charge in [0.05, 0.1) is 11.1 Å². The molecule has 0 radical (unpaired) electrons. The van der Waals surface area contributed by atoms with Crippen LogP contribution in [0.3, 0.4) is 0 Å². The minimum absolute atomic E-state index is 0.0851. The first-order valence-electron chi connectivity index (χ1n) is 6.25. The summed E-state index contributed by atoms with van der Waals surface area (Å²) in [6.45, 7) is 0. The maximum atomic E-state index is 13.4. The van der Waals surface area contributed by atoms with Gasteiger partial charge in [0.25, 0.3) is 5.91 Å². The third-order valence-corrected chi connectivity index (χ3v) is 2.91. The highest BCUT2D eigenvalue weighted by Gasteiger charge is 2.10. The molecule has 108 valence electrons. The van der Waals surface area contributed by atoms with Crippen molar-refractivity contribution >= 4 is 11.7 Å². The Morgan fingerprint density at radius 2 is 2.18 bits per heavy atom. The van der Waals surface area contributed by atoms with Crippen molar-refractivity contribution in [1.29, 1.82) is 5.26 Å². The molecule has 1 heterocycles. The Morgan fingerprint density at radius 1 is 1.41 bits per heavy atom. The summed E-state index contributed by atoms with van der Waals surface area (Å²) in [6.07, 6.45) is 1.48. The third kappa shape index (κ3) is 3.02. The highest BCUT2D eigenvalue weighted by Crippen LogP contribution is 2.27. The van der Waals surface area contributed by atoms with Gasteiger partial charge < -0.3 is 11.1 Å². The number of carbonyl (C=O) groups is 1. The number of benzene rings is 1. The first-order valence-corrected chi connectivity index (χ1v) is 6.25. The summed E-state index contributed by atoms with van der Waals surface area (Å²) >= 11 is 0. The number of nitrogens with two attached hydrogens (primary N) is 1. The monoisotopic (exact) mass is 294 g/mol. The molecule has 2 rings (SSSR count). The minimum Gasteiger partial charge on any atom is -0.383 e. The molecule has 1 aromatic heterocycles. The molecule has 0 aliphatic carbocycles. The number of nitrogens with zero attached hydrogens (tertiary/aromatic N) is 2. The lowest BCUT2D eigenvalue weighted by molar-refractivity contribution is -0.115. The van der Waals surface area contributed by atoms with E-state index in [0.29, 0.717) is 16.7 Å². The van der Waals surface area contributed by atoms with Crippen molar-refractivity contribution in [3.63, 3.8) is 0 Å². The van der Waals surface area contributed by atoms with E-state index in [1.165, 1.54) is 31.4 Å². The first kappa shape index (κ1) is 15.0. The Bertz CT molecular complexity index is 843. The number of rotatable bonds is 1. The second-order valence-corrected chi connectivity index (χ2v) is 4.25. The van der Waals surface area contributed by atoms with Gasteiger partial charge in [0.1, 0.15) is 17.7 Å². The molecule has 1 aromatic carbocycles. The maximum Gasteiger partial charge on any atom is 0.295 e. The summed E-state index contributed by atoms with van der Waals surface area (Å²) in [5.74, 6) is 4.11. The van der Waals surface area contributed by atoms with Gasteiger partial charge in [0, 0.05) is 24.7 Å². The van der Waals surface area contributed by atoms with Crippen LogP contribution in [0.5, 0.6) is 0 Å². The predicted octanol–water partition coefficient (Wildman–Crippen LogP) is 1.44. The summed E-state index contributed by atoms with van der Waals surface area (Å²) in [7, 11) is 1.46. The SMILES string of the molecule is CNC(=O)C#Cc1c(-c2ccc(F)c(C#N)c2)ccnc1N. The summed E-state index contributed by atoms with van der Waals surface area (Å²) < 4.78 is 13.4. The van der Waals surface area contributed by atoms with Gasteiger partial charge >= 0.3 is 0 Å². The molecule has 6 heteroatoms. The summed E-state index contributed by atoms with van der Waals surface area (Å²) in [5, 5.41) is 11.3. The van der Waals surface area contributed by atoms with E-state index in [4.69, 9.17) is 11.0 Å². The van der Waals surface area contributed by atoms with Crippen LogP contribution in [0.4, 0.5) is 10.2 Å². The van der Waals surface area contributed by atoms with Gasteiger partial charge in [-0.2, -0.15) is 5.26 Å². The van der Waals surface area contributed by atoms with Crippen LogP contribution < -0.4 is 11.1 Å². The molecule has 0 saturated carbocycles. The van der Waals surface area contributed by atoms with Crippen molar-refractivity contribution in [2.45, 2.75) is 0 Å². The Hall–Kier alpha value is -3.38. The van der Waals surface area contributed by atoms with Gasteiger partial charge in [0.15, 0.2) is 0 Å². The van der Waals surface area contributed by atoms with Crippen LogP contribution in [0.15, 0.2) is 30.5 Å². The van der Waals surface area contributed by atoms with Crippen LogP contribution in [0, 0.1) is 29.0 Å². The van der Waals surface area contributed by atoms with Gasteiger partial charge in [-0.3, -0.25) is 4.79 Å². The van der Waals surface area contributed by atoms with E-state index < -0.39 is 11.7 Å². The van der Waals surface area contributed by atoms with E-state index in [1.807, 2.05) is 0 Å². The number of anilines is 1. The average Bonchev–Trinajstić information content (AvgIpc) is 2.53. The second-order valence-electron chi connectivity index (χ2n) is 4.25. The molecule has 0 atom stereocenters. The van der Waals surface area contributed by atoms with Crippen molar-refractivity contribution in [3.05, 3.63) is 47.4 Å². The molecular formula is C16H11FN4O. The number of hydrogen-bond acceptors (Lipinski definition) is 4. The molecule has 0 saturated heterocycles. The molecule has 0 unspecified atom stereocenters. The summed E-state index contributed by atoms with van der Waals surface area (Å²) in [6, 6.07) is 7.52. The molecule has 0 spiro atoms. The van der Waals surface area contributed by atoms with Crippen LogP contribution in [-0.4, -0.2) is 17.9 Å². The van der Waals surface area contributed by atoms with Crippen molar-refractivity contribution in [2.24, 2.45) is 0 Å². The number of amides is 1. The highest BCUT2D eigenvalue weighted by atomic mass is 19.1. The molecule has 3 N–H and O–H groups in total. The fourth-order valence-electron chi connectivity index (χ4n) is 1.81. The van der Waals surface area contributed by atoms with Crippen LogP contribution >= 0.6 is 0 Å². The zero-order chi connectivity index (χ0) is 16.1. The summed E-state index contributed by atoms with van der Waals surface area (Å²) in [5.41, 5.74) is 7.20. The topological polar surface area (TPSA) is 91.8 Å². The number of pyridine rings is 1. The van der Waals surface area contributed by atoms with Crippen LogP contribution in [0.2, 0.25) is 0 Å². The van der Waals surface area contributed by atoms with Crippen molar-refractivity contribution < 1.29 is 9.18 Å². The van der Waals surface area contributed by atoms with Gasteiger partial charge in [0.2, 0.25) is 0 Å². The molecule has 0 bridgehead atoms. The number of nitrogen functional groups attached to an aromatic ring is 1. The van der Waals surface area contributed by atoms with Crippen LogP contribution in [0.1, 0.15) is 11.1 Å². The fraction of sp³-hybridized carbons (Fsp3) is 0.0625. The molecule has 1 amide bonds. The number of aromatic nitrogens is 1. The molecule has 0 aliphatic heterocycles. The second kappa shape index (κ2) is 6.38. The standard InChI is InChI=1S/C16H11FN4O/c1-20-15(22)5-3-13-12(6-7-21-16(13)19)10-2-4-14(17)11(8-10)9-18/h2,4,6-8H,1H3,(H2,19,21)(H,20,22). The van der Waals surface area contributed by atoms with E-state index in [1.54, 1.807) is 12.1 Å². The molecule has 0 aliphatic rings. The number of halogens is 1. The van der Waals surface area contributed by atoms with Gasteiger partial charge in [-0.25, -0.2) is 9.37 Å². The predicted molar refractivity (Wildman–Crippen MR) is 79.7 cm³/mol. The fourth-order valence-corrected chi connectivity index (χ4v) is 1.81. The van der Waals surface area contributed by atoms with Crippen molar-refractivity contribution in [2.75, 3.05) is 12.8 Å². The van der Waals surface area contributed by atoms with Gasteiger partial charge in [-0.05, 0) is 23.8 Å². The van der Waals surface area contributed by atoms with Crippen molar-refractivity contribution in [1.82, 2.24) is 10.3 Å². The normalized spacial score (nSPS) is 9.32. The number of carbonyl (C=O) groups excluding carboxylic acids is 1. The highest BCUT2D eigenvalue weighted by molar-refractivity contribution is 5.94. The van der Waals surface area contributed by atoms with Crippen LogP contribution in [0.25, 0.3) is 11.1 Å². The Kier molecular flexibility index (Phi) is 4.36. The number of nitrogens with one attached hydrogen (secondary N) is 1. The molecule has 2 aromatic rings. The van der Waals surface area contributed by atoms with E-state index >= 15 is 0 Å². The number of nitriles is 1. The third-order valence-electron chi connectivity index (χ3n) is 2.91. The zero-order valence-electron chi connectivity index (χ0n) is 11.6. The Balaban J connectivity index is 2.61. The quantitative estimate of drug-likeness (QED) is 0.778. The smallest absolute Gasteiger partial charge is 0.295 e. The van der Waals surface area contributed by atoms with E-state index in [0.717, 1.165) is 0 Å². The zero-order valence-corrected chi connectivity index (χ0v) is 11.6. The lowest BCUT2D eigenvalue weighted by Crippen LogP contribution is -2.14. The lowest BCUT2D eigenvalue weighted by atomic mass is 9.99. The summed E-state index contributed by atoms with van der Waals surface area (Å²) in [4.78, 5) is 15.2. The Morgan fingerprint density at radius 3 is 2.86 bits per heavy atom. The van der Waals surface area contributed by atoms with Crippen molar-refractivity contribution in [3.8, 4) is 29.0 Å². The van der Waals surface area contributed by atoms with E-state index in [2.05, 4.69) is 22.1 Å². The minimum atomic E-state index is -0.605. The molecule has 0 fully saturated rings. The number of hydrogen-bond donors (Lipinski definition) is 2. The lowest BCUT2D eigenvalue weighted by Gasteiger charge is -2.07. The van der Waals surface area contributed by atoms with Gasteiger partial charge in [-0.15, -0.1) is 0 Å².